The first-order valence-corrected chi connectivity index (χ1v) is 10.6. The maximum atomic E-state index is 12.1. The normalized spacial score (nSPS) is 20.2. The third kappa shape index (κ3) is 4.40. The molecule has 0 aliphatic heterocycles. The highest BCUT2D eigenvalue weighted by Crippen LogP contribution is 2.38. The number of hydrogen-bond donors (Lipinski definition) is 2. The lowest BCUT2D eigenvalue weighted by Crippen LogP contribution is -2.22. The van der Waals surface area contributed by atoms with Gasteiger partial charge in [0.1, 0.15) is 17.7 Å². The third-order valence-corrected chi connectivity index (χ3v) is 5.87. The van der Waals surface area contributed by atoms with Gasteiger partial charge in [0.05, 0.1) is 35.5 Å². The van der Waals surface area contributed by atoms with Gasteiger partial charge in [-0.25, -0.2) is 9.97 Å². The van der Waals surface area contributed by atoms with E-state index >= 15 is 0 Å². The Balaban J connectivity index is 1.18. The van der Waals surface area contributed by atoms with E-state index in [0.717, 1.165) is 36.6 Å². The molecule has 2 saturated carbocycles. The number of aromatic nitrogens is 4. The number of rotatable bonds is 6. The van der Waals surface area contributed by atoms with E-state index in [-0.39, 0.29) is 5.56 Å². The van der Waals surface area contributed by atoms with E-state index < -0.39 is 0 Å². The van der Waals surface area contributed by atoms with Crippen LogP contribution < -0.4 is 16.2 Å². The predicted octanol–water partition coefficient (Wildman–Crippen LogP) is 3.22. The highest BCUT2D eigenvalue weighted by atomic mass is 16.1. The molecule has 0 bridgehead atoms. The fourth-order valence-corrected chi connectivity index (χ4v) is 4.03. The summed E-state index contributed by atoms with van der Waals surface area (Å²) < 4.78 is 1.43. The van der Waals surface area contributed by atoms with Crippen LogP contribution in [0.4, 0.5) is 11.6 Å². The average molecular weight is 413 g/mol. The first-order chi connectivity index (χ1) is 15.2. The van der Waals surface area contributed by atoms with Crippen molar-refractivity contribution in [1.29, 1.82) is 5.26 Å². The Bertz CT molecular complexity index is 1160. The van der Waals surface area contributed by atoms with Gasteiger partial charge >= 0.3 is 0 Å². The Hall–Kier alpha value is -3.73. The fourth-order valence-electron chi connectivity index (χ4n) is 4.03. The van der Waals surface area contributed by atoms with E-state index in [9.17, 15) is 4.79 Å². The van der Waals surface area contributed by atoms with Crippen LogP contribution in [0.25, 0.3) is 5.69 Å². The maximum absolute atomic E-state index is 12.1. The molecule has 2 atom stereocenters. The minimum absolute atomic E-state index is 0.195. The van der Waals surface area contributed by atoms with Crippen molar-refractivity contribution in [3.05, 3.63) is 70.7 Å². The van der Waals surface area contributed by atoms with Crippen LogP contribution in [-0.2, 0) is 0 Å². The number of nitrogens with zero attached hydrogens (tertiary/aromatic N) is 5. The van der Waals surface area contributed by atoms with Crippen LogP contribution in [0.1, 0.15) is 49.3 Å². The monoisotopic (exact) mass is 413 g/mol. The second-order valence-corrected chi connectivity index (χ2v) is 8.24. The second kappa shape index (κ2) is 8.19. The second-order valence-electron chi connectivity index (χ2n) is 8.24. The van der Waals surface area contributed by atoms with Crippen LogP contribution in [0.15, 0.2) is 53.8 Å². The van der Waals surface area contributed by atoms with Gasteiger partial charge in [-0.2, -0.15) is 5.26 Å². The number of anilines is 2. The molecule has 8 heteroatoms. The molecule has 0 unspecified atom stereocenters. The van der Waals surface area contributed by atoms with Crippen molar-refractivity contribution in [2.75, 3.05) is 10.6 Å². The van der Waals surface area contributed by atoms with Gasteiger partial charge < -0.3 is 10.6 Å². The number of pyridine rings is 2. The van der Waals surface area contributed by atoms with Crippen molar-refractivity contribution in [1.82, 2.24) is 19.5 Å². The van der Waals surface area contributed by atoms with Crippen LogP contribution in [0.3, 0.4) is 0 Å². The van der Waals surface area contributed by atoms with E-state index in [0.29, 0.717) is 29.3 Å². The standard InChI is InChI=1S/C23H23N7O/c24-10-15-1-8-23(31)30(14-15)19-6-7-21(26-11-19)28-17-4-5-18(9-17)29-22-13-25-20(12-27-22)16-2-3-16/h1,6-8,11-14,16-18H,2-5,9H2,(H,26,28)(H,27,29)/t17-,18-/m0/s1. The molecule has 3 heterocycles. The summed E-state index contributed by atoms with van der Waals surface area (Å²) in [6.45, 7) is 0. The van der Waals surface area contributed by atoms with Gasteiger partial charge in [-0.05, 0) is 50.3 Å². The zero-order valence-corrected chi connectivity index (χ0v) is 17.0. The molecule has 31 heavy (non-hydrogen) atoms. The van der Waals surface area contributed by atoms with Gasteiger partial charge in [-0.3, -0.25) is 14.3 Å². The average Bonchev–Trinajstić information content (AvgIpc) is 3.56. The smallest absolute Gasteiger partial charge is 0.255 e. The minimum atomic E-state index is -0.195. The van der Waals surface area contributed by atoms with Crippen LogP contribution in [-0.4, -0.2) is 31.6 Å². The van der Waals surface area contributed by atoms with Crippen molar-refractivity contribution in [2.24, 2.45) is 0 Å². The Morgan fingerprint density at radius 2 is 1.68 bits per heavy atom. The van der Waals surface area contributed by atoms with Gasteiger partial charge in [-0.15, -0.1) is 0 Å². The summed E-state index contributed by atoms with van der Waals surface area (Å²) in [5, 5.41) is 16.0. The summed E-state index contributed by atoms with van der Waals surface area (Å²) in [5.41, 5.74) is 1.97. The molecule has 156 valence electrons. The summed E-state index contributed by atoms with van der Waals surface area (Å²) in [7, 11) is 0. The van der Waals surface area contributed by atoms with Crippen molar-refractivity contribution in [3.63, 3.8) is 0 Å². The first kappa shape index (κ1) is 19.2. The van der Waals surface area contributed by atoms with Crippen LogP contribution in [0.5, 0.6) is 0 Å². The molecule has 0 spiro atoms. The van der Waals surface area contributed by atoms with Gasteiger partial charge in [-0.1, -0.05) is 0 Å². The van der Waals surface area contributed by atoms with E-state index in [2.05, 4.69) is 25.6 Å². The van der Waals surface area contributed by atoms with E-state index in [4.69, 9.17) is 5.26 Å². The zero-order valence-electron chi connectivity index (χ0n) is 17.0. The zero-order chi connectivity index (χ0) is 21.2. The molecule has 3 aromatic heterocycles. The molecular weight excluding hydrogens is 390 g/mol. The topological polar surface area (TPSA) is 109 Å². The van der Waals surface area contributed by atoms with Crippen molar-refractivity contribution in [2.45, 2.75) is 50.1 Å². The summed E-state index contributed by atoms with van der Waals surface area (Å²) in [4.78, 5) is 25.6. The molecule has 0 amide bonds. The Morgan fingerprint density at radius 1 is 0.903 bits per heavy atom. The van der Waals surface area contributed by atoms with Crippen molar-refractivity contribution >= 4 is 11.6 Å². The number of nitrogens with one attached hydrogen (secondary N) is 2. The molecule has 8 nitrogen and oxygen atoms in total. The summed E-state index contributed by atoms with van der Waals surface area (Å²) in [6, 6.07) is 9.32. The highest BCUT2D eigenvalue weighted by Gasteiger charge is 2.27. The lowest BCUT2D eigenvalue weighted by atomic mass is 10.2. The number of nitriles is 1. The van der Waals surface area contributed by atoms with E-state index in [1.165, 1.54) is 35.7 Å². The predicted molar refractivity (Wildman–Crippen MR) is 117 cm³/mol. The van der Waals surface area contributed by atoms with Crippen LogP contribution in [0.2, 0.25) is 0 Å². The summed E-state index contributed by atoms with van der Waals surface area (Å²) in [5.74, 6) is 2.23. The molecule has 0 aromatic carbocycles. The largest absolute Gasteiger partial charge is 0.367 e. The van der Waals surface area contributed by atoms with Gasteiger partial charge in [0.2, 0.25) is 0 Å². The molecule has 3 aromatic rings. The van der Waals surface area contributed by atoms with Crippen molar-refractivity contribution < 1.29 is 0 Å². The van der Waals surface area contributed by atoms with E-state index in [1.807, 2.05) is 30.6 Å². The van der Waals surface area contributed by atoms with Gasteiger partial charge in [0, 0.05) is 30.3 Å². The van der Waals surface area contributed by atoms with Gasteiger partial charge in [0.15, 0.2) is 0 Å². The number of hydrogen-bond acceptors (Lipinski definition) is 7. The molecule has 2 fully saturated rings. The molecular formula is C23H23N7O. The molecule has 2 aliphatic rings. The molecule has 2 aliphatic carbocycles. The fraction of sp³-hybridized carbons (Fsp3) is 0.348. The van der Waals surface area contributed by atoms with E-state index in [1.54, 1.807) is 6.20 Å². The lowest BCUT2D eigenvalue weighted by Gasteiger charge is -2.16. The Labute approximate surface area is 180 Å². The highest BCUT2D eigenvalue weighted by molar-refractivity contribution is 5.43. The molecule has 5 rings (SSSR count). The van der Waals surface area contributed by atoms with Gasteiger partial charge in [0.25, 0.3) is 5.56 Å². The lowest BCUT2D eigenvalue weighted by molar-refractivity contribution is 0.719. The minimum Gasteiger partial charge on any atom is -0.367 e. The molecule has 0 saturated heterocycles. The SMILES string of the molecule is N#Cc1ccc(=O)n(-c2ccc(N[C@H]3CC[C@H](Nc4cnc(C5CC5)cn4)C3)nc2)c1. The third-order valence-electron chi connectivity index (χ3n) is 5.87. The molecule has 0 radical (unpaired) electrons. The Morgan fingerprint density at radius 3 is 2.32 bits per heavy atom. The maximum Gasteiger partial charge on any atom is 0.255 e. The quantitative estimate of drug-likeness (QED) is 0.639. The Kier molecular flexibility index (Phi) is 5.08. The molecule has 2 N–H and O–H groups in total. The summed E-state index contributed by atoms with van der Waals surface area (Å²) in [6.07, 6.45) is 12.4. The summed E-state index contributed by atoms with van der Waals surface area (Å²) >= 11 is 0. The van der Waals surface area contributed by atoms with Crippen molar-refractivity contribution in [3.8, 4) is 11.8 Å². The van der Waals surface area contributed by atoms with Crippen LogP contribution >= 0.6 is 0 Å². The first-order valence-electron chi connectivity index (χ1n) is 10.6. The van der Waals surface area contributed by atoms with Crippen LogP contribution in [0, 0.1) is 11.3 Å².